The van der Waals surface area contributed by atoms with Crippen LogP contribution in [0.1, 0.15) is 24.3 Å². The van der Waals surface area contributed by atoms with Gasteiger partial charge in [0.1, 0.15) is 11.5 Å². The Bertz CT molecular complexity index is 465. The topological polar surface area (TPSA) is 34.4 Å². The average Bonchev–Trinajstić information content (AvgIpc) is 2.90. The highest BCUT2D eigenvalue weighted by molar-refractivity contribution is 5.36. The van der Waals surface area contributed by atoms with Crippen LogP contribution in [-0.2, 0) is 6.42 Å². The number of nitrogens with one attached hydrogen (secondary N) is 1. The van der Waals surface area contributed by atoms with Crippen LogP contribution >= 0.6 is 0 Å². The zero-order chi connectivity index (χ0) is 12.8. The quantitative estimate of drug-likeness (QED) is 0.848. The molecule has 0 aliphatic rings. The maximum absolute atomic E-state index is 5.67. The van der Waals surface area contributed by atoms with E-state index in [1.54, 1.807) is 6.26 Å². The third-order valence-electron chi connectivity index (χ3n) is 2.93. The SMILES string of the molecule is CCOc1ccccc1C(Cc1ccco1)NC. The predicted octanol–water partition coefficient (Wildman–Crippen LogP) is 3.18. The maximum atomic E-state index is 5.67. The van der Waals surface area contributed by atoms with Crippen LogP contribution in [0.2, 0.25) is 0 Å². The van der Waals surface area contributed by atoms with Crippen molar-refractivity contribution in [1.82, 2.24) is 5.32 Å². The Morgan fingerprint density at radius 3 is 2.72 bits per heavy atom. The van der Waals surface area contributed by atoms with Gasteiger partial charge in [0.25, 0.3) is 0 Å². The van der Waals surface area contributed by atoms with Crippen LogP contribution in [0.15, 0.2) is 47.1 Å². The number of ether oxygens (including phenoxy) is 1. The molecule has 1 atom stereocenters. The van der Waals surface area contributed by atoms with E-state index in [1.165, 1.54) is 5.56 Å². The molecule has 0 spiro atoms. The Kier molecular flexibility index (Phi) is 4.42. The number of para-hydroxylation sites is 1. The predicted molar refractivity (Wildman–Crippen MR) is 71.8 cm³/mol. The minimum Gasteiger partial charge on any atom is -0.494 e. The summed E-state index contributed by atoms with van der Waals surface area (Å²) in [4.78, 5) is 0. The molecule has 1 aromatic heterocycles. The van der Waals surface area contributed by atoms with Crippen LogP contribution in [0, 0.1) is 0 Å². The van der Waals surface area contributed by atoms with E-state index in [2.05, 4.69) is 11.4 Å². The molecule has 1 aromatic carbocycles. The molecule has 0 radical (unpaired) electrons. The molecule has 0 saturated heterocycles. The van der Waals surface area contributed by atoms with Gasteiger partial charge in [0, 0.05) is 18.0 Å². The minimum atomic E-state index is 0.193. The lowest BCUT2D eigenvalue weighted by Crippen LogP contribution is -2.19. The van der Waals surface area contributed by atoms with E-state index >= 15 is 0 Å². The molecule has 0 aliphatic carbocycles. The summed E-state index contributed by atoms with van der Waals surface area (Å²) in [5.74, 6) is 1.91. The molecule has 0 fully saturated rings. The number of hydrogen-bond acceptors (Lipinski definition) is 3. The van der Waals surface area contributed by atoms with Crippen molar-refractivity contribution in [3.05, 3.63) is 54.0 Å². The molecule has 3 heteroatoms. The largest absolute Gasteiger partial charge is 0.494 e. The second kappa shape index (κ2) is 6.26. The van der Waals surface area contributed by atoms with Gasteiger partial charge in [0.05, 0.1) is 12.9 Å². The Morgan fingerprint density at radius 1 is 1.22 bits per heavy atom. The second-order valence-electron chi connectivity index (χ2n) is 4.10. The number of furan rings is 1. The van der Waals surface area contributed by atoms with Gasteiger partial charge in [-0.2, -0.15) is 0 Å². The van der Waals surface area contributed by atoms with Gasteiger partial charge in [-0.05, 0) is 32.2 Å². The van der Waals surface area contributed by atoms with Crippen LogP contribution in [0.25, 0.3) is 0 Å². The Hall–Kier alpha value is -1.74. The molecule has 1 N–H and O–H groups in total. The van der Waals surface area contributed by atoms with Crippen molar-refractivity contribution in [3.63, 3.8) is 0 Å². The van der Waals surface area contributed by atoms with Crippen molar-refractivity contribution in [2.24, 2.45) is 0 Å². The molecule has 3 nitrogen and oxygen atoms in total. The highest BCUT2D eigenvalue weighted by Crippen LogP contribution is 2.27. The summed E-state index contributed by atoms with van der Waals surface area (Å²) in [5.41, 5.74) is 1.17. The lowest BCUT2D eigenvalue weighted by atomic mass is 10.0. The first-order chi connectivity index (χ1) is 8.85. The van der Waals surface area contributed by atoms with E-state index in [0.29, 0.717) is 6.61 Å². The molecule has 2 aromatic rings. The van der Waals surface area contributed by atoms with Crippen molar-refractivity contribution in [1.29, 1.82) is 0 Å². The first-order valence-electron chi connectivity index (χ1n) is 6.26. The third kappa shape index (κ3) is 2.93. The lowest BCUT2D eigenvalue weighted by Gasteiger charge is -2.19. The van der Waals surface area contributed by atoms with E-state index in [0.717, 1.165) is 17.9 Å². The van der Waals surface area contributed by atoms with Gasteiger partial charge in [-0.25, -0.2) is 0 Å². The summed E-state index contributed by atoms with van der Waals surface area (Å²) in [6, 6.07) is 12.2. The number of benzene rings is 1. The normalized spacial score (nSPS) is 12.3. The fourth-order valence-corrected chi connectivity index (χ4v) is 2.05. The molecule has 0 saturated carbocycles. The monoisotopic (exact) mass is 245 g/mol. The zero-order valence-electron chi connectivity index (χ0n) is 10.8. The molecule has 2 rings (SSSR count). The van der Waals surface area contributed by atoms with Crippen LogP contribution in [0.3, 0.4) is 0 Å². The van der Waals surface area contributed by atoms with Gasteiger partial charge in [-0.3, -0.25) is 0 Å². The third-order valence-corrected chi connectivity index (χ3v) is 2.93. The maximum Gasteiger partial charge on any atom is 0.124 e. The van der Waals surface area contributed by atoms with Crippen LogP contribution in [-0.4, -0.2) is 13.7 Å². The summed E-state index contributed by atoms with van der Waals surface area (Å²) in [6.07, 6.45) is 2.52. The fraction of sp³-hybridized carbons (Fsp3) is 0.333. The molecule has 0 amide bonds. The van der Waals surface area contributed by atoms with Gasteiger partial charge in [-0.1, -0.05) is 18.2 Å². The fourth-order valence-electron chi connectivity index (χ4n) is 2.05. The van der Waals surface area contributed by atoms with E-state index < -0.39 is 0 Å². The van der Waals surface area contributed by atoms with Gasteiger partial charge in [-0.15, -0.1) is 0 Å². The van der Waals surface area contributed by atoms with Crippen molar-refractivity contribution in [2.45, 2.75) is 19.4 Å². The molecule has 0 aliphatic heterocycles. The number of rotatable bonds is 6. The Balaban J connectivity index is 2.21. The van der Waals surface area contributed by atoms with Crippen molar-refractivity contribution >= 4 is 0 Å². The smallest absolute Gasteiger partial charge is 0.124 e. The minimum absolute atomic E-state index is 0.193. The van der Waals surface area contributed by atoms with Gasteiger partial charge in [0.15, 0.2) is 0 Å². The zero-order valence-corrected chi connectivity index (χ0v) is 10.8. The molecule has 96 valence electrons. The van der Waals surface area contributed by atoms with Crippen LogP contribution in [0.5, 0.6) is 5.75 Å². The summed E-state index contributed by atoms with van der Waals surface area (Å²) in [7, 11) is 1.95. The standard InChI is InChI=1S/C15H19NO2/c1-3-17-15-9-5-4-8-13(15)14(16-2)11-12-7-6-10-18-12/h4-10,14,16H,3,11H2,1-2H3. The van der Waals surface area contributed by atoms with E-state index in [-0.39, 0.29) is 6.04 Å². The molecule has 1 heterocycles. The summed E-state index contributed by atoms with van der Waals surface area (Å²) < 4.78 is 11.1. The average molecular weight is 245 g/mol. The second-order valence-corrected chi connectivity index (χ2v) is 4.10. The summed E-state index contributed by atoms with van der Waals surface area (Å²) in [5, 5.41) is 3.32. The number of likely N-dealkylation sites (N-methyl/N-ethyl adjacent to an activating group) is 1. The number of hydrogen-bond donors (Lipinski definition) is 1. The van der Waals surface area contributed by atoms with Crippen molar-refractivity contribution in [2.75, 3.05) is 13.7 Å². The van der Waals surface area contributed by atoms with E-state index in [4.69, 9.17) is 9.15 Å². The molecule has 1 unspecified atom stereocenters. The lowest BCUT2D eigenvalue weighted by molar-refractivity contribution is 0.331. The Morgan fingerprint density at radius 2 is 2.06 bits per heavy atom. The van der Waals surface area contributed by atoms with Crippen molar-refractivity contribution < 1.29 is 9.15 Å². The highest BCUT2D eigenvalue weighted by Gasteiger charge is 2.15. The van der Waals surface area contributed by atoms with Gasteiger partial charge >= 0.3 is 0 Å². The Labute approximate surface area is 108 Å². The van der Waals surface area contributed by atoms with E-state index in [1.807, 2.05) is 44.3 Å². The summed E-state index contributed by atoms with van der Waals surface area (Å²) in [6.45, 7) is 2.67. The first-order valence-corrected chi connectivity index (χ1v) is 6.26. The first kappa shape index (κ1) is 12.7. The van der Waals surface area contributed by atoms with Gasteiger partial charge in [0.2, 0.25) is 0 Å². The van der Waals surface area contributed by atoms with E-state index in [9.17, 15) is 0 Å². The molecule has 0 bridgehead atoms. The van der Waals surface area contributed by atoms with Crippen LogP contribution < -0.4 is 10.1 Å². The highest BCUT2D eigenvalue weighted by atomic mass is 16.5. The van der Waals surface area contributed by atoms with Gasteiger partial charge < -0.3 is 14.5 Å². The van der Waals surface area contributed by atoms with Crippen molar-refractivity contribution in [3.8, 4) is 5.75 Å². The van der Waals surface area contributed by atoms with Crippen LogP contribution in [0.4, 0.5) is 0 Å². The molecular weight excluding hydrogens is 226 g/mol. The summed E-state index contributed by atoms with van der Waals surface area (Å²) >= 11 is 0. The molecule has 18 heavy (non-hydrogen) atoms. The molecular formula is C15H19NO2.